The highest BCUT2D eigenvalue weighted by atomic mass is 32.2. The molecule has 0 fully saturated rings. The summed E-state index contributed by atoms with van der Waals surface area (Å²) in [5, 5.41) is 9.93. The van der Waals surface area contributed by atoms with Crippen molar-refractivity contribution in [2.24, 2.45) is 0 Å². The van der Waals surface area contributed by atoms with Crippen LogP contribution in [-0.2, 0) is 4.79 Å². The van der Waals surface area contributed by atoms with Crippen molar-refractivity contribution in [3.8, 4) is 5.82 Å². The van der Waals surface area contributed by atoms with Crippen molar-refractivity contribution in [2.45, 2.75) is 30.9 Å². The van der Waals surface area contributed by atoms with Crippen LogP contribution < -0.4 is 10.6 Å². The second-order valence-electron chi connectivity index (χ2n) is 6.66. The van der Waals surface area contributed by atoms with Crippen LogP contribution >= 0.6 is 11.8 Å². The fourth-order valence-electron chi connectivity index (χ4n) is 3.00. The molecule has 0 radical (unpaired) electrons. The zero-order valence-corrected chi connectivity index (χ0v) is 16.5. The largest absolute Gasteiger partial charge is 0.324 e. The number of aryl methyl sites for hydroxylation is 2. The summed E-state index contributed by atoms with van der Waals surface area (Å²) in [5.74, 6) is 0.367. The number of nitrogens with one attached hydrogen (secondary N) is 2. The van der Waals surface area contributed by atoms with E-state index in [2.05, 4.69) is 20.7 Å². The maximum absolute atomic E-state index is 12.6. The van der Waals surface area contributed by atoms with E-state index >= 15 is 0 Å². The van der Waals surface area contributed by atoms with Gasteiger partial charge in [0.2, 0.25) is 5.91 Å². The number of amides is 2. The van der Waals surface area contributed by atoms with Gasteiger partial charge < -0.3 is 10.6 Å². The van der Waals surface area contributed by atoms with Gasteiger partial charge in [0.15, 0.2) is 5.82 Å². The SMILES string of the molecule is Cc1cc(C)n(-c2ccc(NC(=O)c3ccc4c(c3)NC(=O)[C@H](C)S4)cn2)n1. The van der Waals surface area contributed by atoms with E-state index in [1.807, 2.05) is 32.9 Å². The van der Waals surface area contributed by atoms with Crippen LogP contribution in [0.5, 0.6) is 0 Å². The molecular formula is C20H19N5O2S. The molecule has 3 heterocycles. The summed E-state index contributed by atoms with van der Waals surface area (Å²) in [7, 11) is 0. The number of hydrogen-bond acceptors (Lipinski definition) is 5. The van der Waals surface area contributed by atoms with Gasteiger partial charge in [-0.25, -0.2) is 9.67 Å². The van der Waals surface area contributed by atoms with Crippen molar-refractivity contribution in [1.29, 1.82) is 0 Å². The van der Waals surface area contributed by atoms with Crippen LogP contribution in [0, 0.1) is 13.8 Å². The second-order valence-corrected chi connectivity index (χ2v) is 8.04. The summed E-state index contributed by atoms with van der Waals surface area (Å²) in [6.45, 7) is 5.75. The molecule has 28 heavy (non-hydrogen) atoms. The number of hydrogen-bond donors (Lipinski definition) is 2. The molecular weight excluding hydrogens is 374 g/mol. The number of benzene rings is 1. The first-order valence-corrected chi connectivity index (χ1v) is 9.71. The Kier molecular flexibility index (Phi) is 4.64. The molecule has 1 aliphatic rings. The van der Waals surface area contributed by atoms with E-state index in [-0.39, 0.29) is 17.1 Å². The molecule has 7 nitrogen and oxygen atoms in total. The topological polar surface area (TPSA) is 88.9 Å². The van der Waals surface area contributed by atoms with Crippen LogP contribution in [-0.4, -0.2) is 31.8 Å². The third-order valence-electron chi connectivity index (χ3n) is 4.40. The third kappa shape index (κ3) is 3.50. The van der Waals surface area contributed by atoms with Crippen LogP contribution in [0.1, 0.15) is 28.7 Å². The van der Waals surface area contributed by atoms with Crippen molar-refractivity contribution in [3.63, 3.8) is 0 Å². The third-order valence-corrected chi connectivity index (χ3v) is 5.58. The number of fused-ring (bicyclic) bond motifs is 1. The van der Waals surface area contributed by atoms with Gasteiger partial charge in [0.25, 0.3) is 5.91 Å². The van der Waals surface area contributed by atoms with Crippen molar-refractivity contribution in [2.75, 3.05) is 10.6 Å². The van der Waals surface area contributed by atoms with E-state index in [0.29, 0.717) is 22.8 Å². The summed E-state index contributed by atoms with van der Waals surface area (Å²) in [6, 6.07) is 10.9. The number of carbonyl (C=O) groups excluding carboxylic acids is 2. The molecule has 2 N–H and O–H groups in total. The minimum absolute atomic E-state index is 0.0565. The predicted molar refractivity (Wildman–Crippen MR) is 109 cm³/mol. The number of anilines is 2. The molecule has 4 rings (SSSR count). The van der Waals surface area contributed by atoms with E-state index in [0.717, 1.165) is 16.3 Å². The lowest BCUT2D eigenvalue weighted by Gasteiger charge is -2.21. The number of thioether (sulfide) groups is 1. The number of nitrogens with zero attached hydrogens (tertiary/aromatic N) is 3. The quantitative estimate of drug-likeness (QED) is 0.710. The fourth-order valence-corrected chi connectivity index (χ4v) is 3.93. The standard InChI is InChI=1S/C20H19N5O2S/c1-11-8-12(2)25(24-11)18-7-5-15(10-21-18)22-20(27)14-4-6-17-16(9-14)23-19(26)13(3)28-17/h4-10,13H,1-3H3,(H,22,27)(H,23,26)/t13-/m0/s1. The second kappa shape index (κ2) is 7.12. The molecule has 142 valence electrons. The Hall–Kier alpha value is -3.13. The van der Waals surface area contributed by atoms with Gasteiger partial charge in [0.1, 0.15) is 0 Å². The highest BCUT2D eigenvalue weighted by Gasteiger charge is 2.23. The smallest absolute Gasteiger partial charge is 0.255 e. The van der Waals surface area contributed by atoms with Gasteiger partial charge in [-0.2, -0.15) is 5.10 Å². The van der Waals surface area contributed by atoms with Crippen LogP contribution in [0.25, 0.3) is 5.82 Å². The number of carbonyl (C=O) groups is 2. The molecule has 0 saturated carbocycles. The van der Waals surface area contributed by atoms with Gasteiger partial charge in [0, 0.05) is 16.2 Å². The van der Waals surface area contributed by atoms with Crippen LogP contribution in [0.15, 0.2) is 47.5 Å². The zero-order valence-electron chi connectivity index (χ0n) is 15.7. The molecule has 1 aromatic carbocycles. The summed E-state index contributed by atoms with van der Waals surface area (Å²) < 4.78 is 1.76. The monoisotopic (exact) mass is 393 g/mol. The van der Waals surface area contributed by atoms with Gasteiger partial charge in [-0.15, -0.1) is 11.8 Å². The molecule has 0 saturated heterocycles. The van der Waals surface area contributed by atoms with Gasteiger partial charge in [0.05, 0.1) is 28.5 Å². The van der Waals surface area contributed by atoms with E-state index in [1.54, 1.807) is 35.1 Å². The molecule has 8 heteroatoms. The first kappa shape index (κ1) is 18.2. The number of pyridine rings is 1. The molecule has 2 aromatic heterocycles. The van der Waals surface area contributed by atoms with E-state index in [1.165, 1.54) is 11.8 Å². The Bertz CT molecular complexity index is 1070. The Balaban J connectivity index is 1.50. The van der Waals surface area contributed by atoms with Crippen molar-refractivity contribution >= 4 is 35.0 Å². The van der Waals surface area contributed by atoms with Gasteiger partial charge in [-0.3, -0.25) is 9.59 Å². The van der Waals surface area contributed by atoms with Gasteiger partial charge >= 0.3 is 0 Å². The number of rotatable bonds is 3. The average molecular weight is 393 g/mol. The molecule has 3 aromatic rings. The Labute approximate surface area is 166 Å². The minimum Gasteiger partial charge on any atom is -0.324 e. The van der Waals surface area contributed by atoms with Gasteiger partial charge in [-0.05, 0) is 57.2 Å². The molecule has 0 bridgehead atoms. The molecule has 0 unspecified atom stereocenters. The summed E-state index contributed by atoms with van der Waals surface area (Å²) in [4.78, 5) is 29.8. The van der Waals surface area contributed by atoms with E-state index in [9.17, 15) is 9.59 Å². The van der Waals surface area contributed by atoms with Crippen LogP contribution in [0.4, 0.5) is 11.4 Å². The fraction of sp³-hybridized carbons (Fsp3) is 0.200. The van der Waals surface area contributed by atoms with Crippen LogP contribution in [0.3, 0.4) is 0 Å². The first-order valence-electron chi connectivity index (χ1n) is 8.83. The molecule has 0 spiro atoms. The lowest BCUT2D eigenvalue weighted by molar-refractivity contribution is -0.115. The van der Waals surface area contributed by atoms with Crippen molar-refractivity contribution in [3.05, 3.63) is 59.5 Å². The molecule has 2 amide bonds. The first-order chi connectivity index (χ1) is 13.4. The Morgan fingerprint density at radius 2 is 2.04 bits per heavy atom. The van der Waals surface area contributed by atoms with E-state index in [4.69, 9.17) is 0 Å². The Morgan fingerprint density at radius 1 is 1.21 bits per heavy atom. The lowest BCUT2D eigenvalue weighted by atomic mass is 10.1. The zero-order chi connectivity index (χ0) is 19.8. The van der Waals surface area contributed by atoms with Crippen molar-refractivity contribution in [1.82, 2.24) is 14.8 Å². The highest BCUT2D eigenvalue weighted by molar-refractivity contribution is 8.00. The average Bonchev–Trinajstić information content (AvgIpc) is 3.01. The molecule has 1 aliphatic heterocycles. The maximum atomic E-state index is 12.6. The maximum Gasteiger partial charge on any atom is 0.255 e. The minimum atomic E-state index is -0.263. The summed E-state index contributed by atoms with van der Waals surface area (Å²) in [6.07, 6.45) is 1.60. The van der Waals surface area contributed by atoms with E-state index < -0.39 is 0 Å². The predicted octanol–water partition coefficient (Wildman–Crippen LogP) is 3.57. The lowest BCUT2D eigenvalue weighted by Crippen LogP contribution is -2.26. The summed E-state index contributed by atoms with van der Waals surface area (Å²) in [5.41, 5.74) is 3.63. The van der Waals surface area contributed by atoms with Crippen molar-refractivity contribution < 1.29 is 9.59 Å². The number of aromatic nitrogens is 3. The molecule has 0 aliphatic carbocycles. The summed E-state index contributed by atoms with van der Waals surface area (Å²) >= 11 is 1.48. The highest BCUT2D eigenvalue weighted by Crippen LogP contribution is 2.36. The van der Waals surface area contributed by atoms with Crippen LogP contribution in [0.2, 0.25) is 0 Å². The normalized spacial score (nSPS) is 15.7. The van der Waals surface area contributed by atoms with Gasteiger partial charge in [-0.1, -0.05) is 0 Å². The Morgan fingerprint density at radius 3 is 2.71 bits per heavy atom. The molecule has 1 atom stereocenters.